The third kappa shape index (κ3) is 10.2. The summed E-state index contributed by atoms with van der Waals surface area (Å²) in [7, 11) is 4.64. The number of H-pyrrole nitrogens is 1. The second-order valence-corrected chi connectivity index (χ2v) is 21.1. The number of hydroxylamine groups is 1. The Morgan fingerprint density at radius 1 is 1.11 bits per heavy atom. The van der Waals surface area contributed by atoms with Gasteiger partial charge in [0, 0.05) is 60.7 Å². The van der Waals surface area contributed by atoms with E-state index in [0.717, 1.165) is 81.4 Å². The molecule has 2 aliphatic carbocycles. The van der Waals surface area contributed by atoms with Crippen LogP contribution in [-0.2, 0) is 23.8 Å². The second kappa shape index (κ2) is 21.2. The first-order chi connectivity index (χ1) is 31.4. The van der Waals surface area contributed by atoms with E-state index in [1.165, 1.54) is 17.7 Å². The maximum absolute atomic E-state index is 16.8. The quantitative estimate of drug-likeness (QED) is 0.0913. The van der Waals surface area contributed by atoms with E-state index in [4.69, 9.17) is 24.0 Å². The standard InChI is InChI=1S/C49H72FN7O7S/c1-28(2)43(53-49(60)62-6)46(58)56-21-10-14-38(56)45-51-27-36(52-45)31-15-17-37-32(25-31)26-39-42-35(50)23-30(11-8-12-33-13-9-20-55(33)47(59)44(29(3)4)54-63-7)24-40(42)64-48(57(37)39)41-18-16-34(65-41)19-22-61-5/h8,11,15,17-18,23,27-30,32-34,38-40,42-44,47-48,54,59H,9-10,12-14,16,19-22,24-26H2,1-7H3,(H,51,52)(H,53,60)/t30-,32+,33-,34-,38+,39+,40?,42-,43+,44+,47?,48?/m1/s1. The number of aromatic amines is 1. The highest BCUT2D eigenvalue weighted by Crippen LogP contribution is 2.55. The first kappa shape index (κ1) is 48.0. The maximum Gasteiger partial charge on any atom is 0.407 e. The lowest BCUT2D eigenvalue weighted by Crippen LogP contribution is -2.56. The summed E-state index contributed by atoms with van der Waals surface area (Å²) < 4.78 is 34.2. The van der Waals surface area contributed by atoms with Crippen molar-refractivity contribution in [1.82, 2.24) is 35.5 Å². The number of rotatable bonds is 17. The highest BCUT2D eigenvalue weighted by Gasteiger charge is 2.55. The van der Waals surface area contributed by atoms with Gasteiger partial charge in [0.15, 0.2) is 6.23 Å². The van der Waals surface area contributed by atoms with Crippen molar-refractivity contribution >= 4 is 29.3 Å². The largest absolute Gasteiger partial charge is 0.453 e. The molecule has 0 radical (unpaired) electrons. The molecule has 8 rings (SSSR count). The molecular weight excluding hydrogens is 850 g/mol. The van der Waals surface area contributed by atoms with Crippen molar-refractivity contribution in [3.63, 3.8) is 0 Å². The van der Waals surface area contributed by atoms with Gasteiger partial charge in [0.1, 0.15) is 23.9 Å². The lowest BCUT2D eigenvalue weighted by Gasteiger charge is -2.50. The summed E-state index contributed by atoms with van der Waals surface area (Å²) >= 11 is 1.89. The molecule has 16 heteroatoms. The zero-order valence-electron chi connectivity index (χ0n) is 39.3. The van der Waals surface area contributed by atoms with Gasteiger partial charge in [-0.25, -0.2) is 14.2 Å². The van der Waals surface area contributed by atoms with Crippen LogP contribution in [0.15, 0.2) is 59.1 Å². The van der Waals surface area contributed by atoms with Crippen molar-refractivity contribution < 1.29 is 38.1 Å². The number of hydrogen-bond acceptors (Lipinski definition) is 12. The lowest BCUT2D eigenvalue weighted by molar-refractivity contribution is -0.154. The normalized spacial score (nSPS) is 31.6. The number of fused-ring (bicyclic) bond motifs is 5. The molecule has 2 amide bonds. The minimum Gasteiger partial charge on any atom is -0.453 e. The summed E-state index contributed by atoms with van der Waals surface area (Å²) in [6, 6.07) is -0.974. The molecule has 1 aromatic heterocycles. The molecule has 5 aliphatic heterocycles. The molecule has 0 aromatic carbocycles. The molecular formula is C49H72FN7O7S. The Morgan fingerprint density at radius 2 is 1.92 bits per heavy atom. The smallest absolute Gasteiger partial charge is 0.407 e. The van der Waals surface area contributed by atoms with Gasteiger partial charge >= 0.3 is 6.09 Å². The van der Waals surface area contributed by atoms with E-state index in [0.29, 0.717) is 24.8 Å². The predicted molar refractivity (Wildman–Crippen MR) is 249 cm³/mol. The second-order valence-electron chi connectivity index (χ2n) is 19.7. The molecule has 4 fully saturated rings. The van der Waals surface area contributed by atoms with Gasteiger partial charge in [0.25, 0.3) is 0 Å². The number of aromatic nitrogens is 2. The summed E-state index contributed by atoms with van der Waals surface area (Å²) in [5.74, 6) is 0.326. The SMILES string of the molecule is COCC[C@H]1CC=C(C2OC3C[C@H](C=CC[C@@H]4CCCN4C(O)[C@@H](NOC)C(C)C)C=C(F)[C@@H]3[C@@H]3C[C@@H]4CC(c5cnc([C@@H]6CCCN6C(=O)[C@@H](NC(=O)OC)C(C)C)[nH]5)=CC=C4N23)S1. The average molecular weight is 922 g/mol. The third-order valence-electron chi connectivity index (χ3n) is 14.9. The van der Waals surface area contributed by atoms with Crippen molar-refractivity contribution in [3.8, 4) is 0 Å². The summed E-state index contributed by atoms with van der Waals surface area (Å²) in [5, 5.41) is 14.5. The lowest BCUT2D eigenvalue weighted by atomic mass is 9.77. The molecule has 14 nitrogen and oxygen atoms in total. The maximum atomic E-state index is 16.8. The minimum absolute atomic E-state index is 0.0468. The topological polar surface area (TPSA) is 154 Å². The van der Waals surface area contributed by atoms with Gasteiger partial charge in [-0.15, -0.1) is 11.8 Å². The van der Waals surface area contributed by atoms with Crippen LogP contribution in [0, 0.1) is 29.6 Å². The van der Waals surface area contributed by atoms with Gasteiger partial charge in [-0.3, -0.25) is 9.69 Å². The van der Waals surface area contributed by atoms with Gasteiger partial charge in [0.05, 0.1) is 50.2 Å². The van der Waals surface area contributed by atoms with Gasteiger partial charge < -0.3 is 44.3 Å². The Hall–Kier alpha value is -3.51. The number of hydrogen-bond donors (Lipinski definition) is 4. The molecule has 3 unspecified atom stereocenters. The van der Waals surface area contributed by atoms with E-state index in [1.54, 1.807) is 14.2 Å². The Bertz CT molecular complexity index is 2000. The number of nitrogens with one attached hydrogen (secondary N) is 3. The number of ether oxygens (including phenoxy) is 3. The Labute approximate surface area is 388 Å². The van der Waals surface area contributed by atoms with Crippen LogP contribution >= 0.6 is 11.8 Å². The number of allylic oxidation sites excluding steroid dienone is 7. The first-order valence-corrected chi connectivity index (χ1v) is 24.9. The number of amides is 2. The number of carbonyl (C=O) groups is 2. The van der Waals surface area contributed by atoms with Crippen LogP contribution in [0.1, 0.15) is 109 Å². The van der Waals surface area contributed by atoms with E-state index in [2.05, 4.69) is 69.8 Å². The van der Waals surface area contributed by atoms with E-state index >= 15 is 4.39 Å². The Balaban J connectivity index is 0.984. The van der Waals surface area contributed by atoms with Gasteiger partial charge in [-0.05, 0) is 99.7 Å². The predicted octanol–water partition coefficient (Wildman–Crippen LogP) is 7.36. The highest BCUT2D eigenvalue weighted by molar-refractivity contribution is 8.04. The number of halogens is 1. The van der Waals surface area contributed by atoms with Crippen LogP contribution in [0.25, 0.3) is 5.57 Å². The summed E-state index contributed by atoms with van der Waals surface area (Å²) in [6.07, 6.45) is 21.6. The van der Waals surface area contributed by atoms with Crippen LogP contribution in [0.3, 0.4) is 0 Å². The summed E-state index contributed by atoms with van der Waals surface area (Å²) in [5.41, 5.74) is 6.26. The van der Waals surface area contributed by atoms with E-state index < -0.39 is 18.4 Å². The third-order valence-corrected chi connectivity index (χ3v) is 16.3. The molecule has 358 valence electrons. The van der Waals surface area contributed by atoms with Crippen LogP contribution in [0.5, 0.6) is 0 Å². The molecule has 4 N–H and O–H groups in total. The summed E-state index contributed by atoms with van der Waals surface area (Å²) in [4.78, 5) is 47.2. The van der Waals surface area contributed by atoms with Crippen LogP contribution in [0.2, 0.25) is 0 Å². The highest BCUT2D eigenvalue weighted by atomic mass is 32.2. The van der Waals surface area contributed by atoms with Crippen molar-refractivity contribution in [1.29, 1.82) is 0 Å². The minimum atomic E-state index is -0.701. The molecule has 65 heavy (non-hydrogen) atoms. The van der Waals surface area contributed by atoms with E-state index in [9.17, 15) is 14.7 Å². The van der Waals surface area contributed by atoms with Crippen molar-refractivity contribution in [2.24, 2.45) is 29.6 Å². The number of imidazole rings is 1. The number of thioether (sulfide) groups is 1. The Kier molecular flexibility index (Phi) is 15.6. The average Bonchev–Trinajstić information content (AvgIpc) is 4.15. The number of carbonyl (C=O) groups excluding carboxylic acids is 2. The molecule has 0 saturated carbocycles. The molecule has 12 atom stereocenters. The van der Waals surface area contributed by atoms with Crippen LogP contribution in [0.4, 0.5) is 9.18 Å². The number of likely N-dealkylation sites (tertiary alicyclic amines) is 2. The van der Waals surface area contributed by atoms with E-state index in [1.807, 2.05) is 42.8 Å². The monoisotopic (exact) mass is 922 g/mol. The number of aliphatic hydroxyl groups is 1. The number of methoxy groups -OCH3 is 2. The van der Waals surface area contributed by atoms with Gasteiger partial charge in [-0.2, -0.15) is 5.48 Å². The zero-order valence-corrected chi connectivity index (χ0v) is 40.1. The van der Waals surface area contributed by atoms with Crippen LogP contribution in [-0.4, -0.2) is 131 Å². The fourth-order valence-corrected chi connectivity index (χ4v) is 12.8. The molecule has 4 saturated heterocycles. The zero-order chi connectivity index (χ0) is 45.9. The molecule has 0 bridgehead atoms. The Morgan fingerprint density at radius 3 is 2.68 bits per heavy atom. The van der Waals surface area contributed by atoms with Gasteiger partial charge in [-0.1, -0.05) is 52.0 Å². The number of nitrogens with zero attached hydrogens (tertiary/aromatic N) is 4. The molecule has 1 aromatic rings. The van der Waals surface area contributed by atoms with E-state index in [-0.39, 0.29) is 77.8 Å². The number of alkyl carbamates (subject to hydrolysis) is 1. The number of aliphatic hydroxyl groups excluding tert-OH is 1. The summed E-state index contributed by atoms with van der Waals surface area (Å²) in [6.45, 7) is 10.1. The van der Waals surface area contributed by atoms with Crippen molar-refractivity contribution in [2.45, 2.75) is 146 Å². The first-order valence-electron chi connectivity index (χ1n) is 24.1. The fourth-order valence-electron chi connectivity index (χ4n) is 11.5. The molecule has 0 spiro atoms. The van der Waals surface area contributed by atoms with Gasteiger partial charge in [0.2, 0.25) is 5.91 Å². The molecule has 6 heterocycles. The van der Waals surface area contributed by atoms with Crippen molar-refractivity contribution in [3.05, 3.63) is 70.6 Å². The van der Waals surface area contributed by atoms with Crippen LogP contribution < -0.4 is 10.8 Å². The van der Waals surface area contributed by atoms with Crippen molar-refractivity contribution in [2.75, 3.05) is 41.0 Å². The fraction of sp³-hybridized carbons (Fsp3) is 0.694. The molecule has 7 aliphatic rings.